The summed E-state index contributed by atoms with van der Waals surface area (Å²) < 4.78 is 13.1. The van der Waals surface area contributed by atoms with Gasteiger partial charge in [0.05, 0.1) is 31.9 Å². The number of nitrogens with one attached hydrogen (secondary N) is 1. The van der Waals surface area contributed by atoms with Crippen LogP contribution in [0.25, 0.3) is 16.3 Å². The van der Waals surface area contributed by atoms with Crippen molar-refractivity contribution in [3.8, 4) is 0 Å². The summed E-state index contributed by atoms with van der Waals surface area (Å²) in [5, 5.41) is 5.22. The Bertz CT molecular complexity index is 1520. The standard InChI is InChI=1S/C31H35ClN4O4/c32-25-5-3-22(4-6-25)19-33-31(38)28-21-36-26(2-1-7-34-8-12-39-13-9-34)18-24-16-23(17-27(29(24)36)30(28)37)20-35-10-14-40-15-11-35/h3-6,16-18,21H,1-2,7-15,19-20H2,(H,33,38). The number of carbonyl (C=O) groups is 1. The van der Waals surface area contributed by atoms with Crippen molar-refractivity contribution in [1.82, 2.24) is 19.5 Å². The third kappa shape index (κ3) is 6.01. The zero-order valence-corrected chi connectivity index (χ0v) is 23.4. The first-order chi connectivity index (χ1) is 19.5. The summed E-state index contributed by atoms with van der Waals surface area (Å²) in [5.41, 5.74) is 3.94. The van der Waals surface area contributed by atoms with Crippen LogP contribution >= 0.6 is 11.6 Å². The molecule has 1 N–H and O–H groups in total. The van der Waals surface area contributed by atoms with Gasteiger partial charge < -0.3 is 19.2 Å². The number of pyridine rings is 1. The molecule has 2 saturated heterocycles. The Hall–Kier alpha value is -3.01. The van der Waals surface area contributed by atoms with Gasteiger partial charge in [0.2, 0.25) is 5.43 Å². The molecule has 6 rings (SSSR count). The number of amides is 1. The van der Waals surface area contributed by atoms with E-state index in [1.54, 1.807) is 18.3 Å². The molecule has 0 aliphatic carbocycles. The van der Waals surface area contributed by atoms with Crippen LogP contribution in [-0.4, -0.2) is 79.3 Å². The Labute approximate surface area is 238 Å². The van der Waals surface area contributed by atoms with Crippen molar-refractivity contribution >= 4 is 33.8 Å². The third-order valence-electron chi connectivity index (χ3n) is 7.95. The minimum Gasteiger partial charge on any atom is -0.379 e. The van der Waals surface area contributed by atoms with Crippen LogP contribution in [0.2, 0.25) is 5.02 Å². The highest BCUT2D eigenvalue weighted by Gasteiger charge is 2.21. The molecule has 2 aliphatic rings. The van der Waals surface area contributed by atoms with Crippen molar-refractivity contribution < 1.29 is 14.3 Å². The Kier molecular flexibility index (Phi) is 8.32. The lowest BCUT2D eigenvalue weighted by Gasteiger charge is -2.26. The van der Waals surface area contributed by atoms with Gasteiger partial charge in [0, 0.05) is 67.0 Å². The number of hydrogen-bond acceptors (Lipinski definition) is 6. The first-order valence-electron chi connectivity index (χ1n) is 14.1. The monoisotopic (exact) mass is 562 g/mol. The maximum Gasteiger partial charge on any atom is 0.257 e. The largest absolute Gasteiger partial charge is 0.379 e. The zero-order valence-electron chi connectivity index (χ0n) is 22.7. The van der Waals surface area contributed by atoms with Crippen LogP contribution in [0.1, 0.15) is 33.6 Å². The number of aromatic nitrogens is 1. The molecule has 8 nitrogen and oxygen atoms in total. The van der Waals surface area contributed by atoms with Crippen LogP contribution in [-0.2, 0) is 29.0 Å². The summed E-state index contributed by atoms with van der Waals surface area (Å²) in [6.45, 7) is 8.74. The van der Waals surface area contributed by atoms with E-state index in [-0.39, 0.29) is 16.9 Å². The molecular weight excluding hydrogens is 528 g/mol. The average molecular weight is 563 g/mol. The fourth-order valence-corrected chi connectivity index (χ4v) is 5.92. The smallest absolute Gasteiger partial charge is 0.257 e. The molecule has 0 bridgehead atoms. The number of ether oxygens (including phenoxy) is 2. The van der Waals surface area contributed by atoms with Crippen LogP contribution < -0.4 is 10.7 Å². The summed E-state index contributed by atoms with van der Waals surface area (Å²) >= 11 is 6.00. The van der Waals surface area contributed by atoms with Crippen molar-refractivity contribution in [2.45, 2.75) is 25.9 Å². The Morgan fingerprint density at radius 3 is 2.33 bits per heavy atom. The van der Waals surface area contributed by atoms with E-state index in [0.29, 0.717) is 17.0 Å². The molecule has 2 aliphatic heterocycles. The van der Waals surface area contributed by atoms with Gasteiger partial charge in [0.15, 0.2) is 0 Å². The third-order valence-corrected chi connectivity index (χ3v) is 8.20. The van der Waals surface area contributed by atoms with Crippen LogP contribution in [0.15, 0.2) is 53.5 Å². The summed E-state index contributed by atoms with van der Waals surface area (Å²) in [7, 11) is 0. The minimum atomic E-state index is -0.370. The van der Waals surface area contributed by atoms with Gasteiger partial charge in [0.1, 0.15) is 5.56 Å². The highest BCUT2D eigenvalue weighted by atomic mass is 35.5. The predicted molar refractivity (Wildman–Crippen MR) is 157 cm³/mol. The van der Waals surface area contributed by atoms with Gasteiger partial charge in [-0.25, -0.2) is 0 Å². The van der Waals surface area contributed by atoms with E-state index >= 15 is 0 Å². The molecule has 0 atom stereocenters. The van der Waals surface area contributed by atoms with Gasteiger partial charge >= 0.3 is 0 Å². The molecule has 40 heavy (non-hydrogen) atoms. The lowest BCUT2D eigenvalue weighted by Crippen LogP contribution is -2.37. The summed E-state index contributed by atoms with van der Waals surface area (Å²) in [5.74, 6) is -0.370. The first-order valence-corrected chi connectivity index (χ1v) is 14.5. The number of aryl methyl sites for hydroxylation is 1. The molecule has 0 radical (unpaired) electrons. The number of hydrogen-bond donors (Lipinski definition) is 1. The number of morpholine rings is 2. The lowest BCUT2D eigenvalue weighted by atomic mass is 10.0. The summed E-state index contributed by atoms with van der Waals surface area (Å²) in [4.78, 5) is 31.9. The Balaban J connectivity index is 1.31. The SMILES string of the molecule is O=C(NCc1ccc(Cl)cc1)c1cn2c(CCCN3CCOCC3)cc3cc(CN4CCOCC4)cc(c1=O)c32. The summed E-state index contributed by atoms with van der Waals surface area (Å²) in [6, 6.07) is 13.7. The van der Waals surface area contributed by atoms with E-state index in [4.69, 9.17) is 21.1 Å². The van der Waals surface area contributed by atoms with Crippen molar-refractivity contribution in [3.63, 3.8) is 0 Å². The van der Waals surface area contributed by atoms with Gasteiger partial charge in [-0.15, -0.1) is 0 Å². The normalized spacial score (nSPS) is 17.1. The minimum absolute atomic E-state index is 0.164. The molecule has 0 saturated carbocycles. The van der Waals surface area contributed by atoms with Crippen LogP contribution in [0.5, 0.6) is 0 Å². The zero-order chi connectivity index (χ0) is 27.5. The second kappa shape index (κ2) is 12.2. The fraction of sp³-hybridized carbons (Fsp3) is 0.419. The van der Waals surface area contributed by atoms with Gasteiger partial charge in [-0.2, -0.15) is 0 Å². The van der Waals surface area contributed by atoms with Gasteiger partial charge in [-0.3, -0.25) is 19.4 Å². The molecule has 2 fully saturated rings. The van der Waals surface area contributed by atoms with Crippen molar-refractivity contribution in [3.05, 3.63) is 86.3 Å². The van der Waals surface area contributed by atoms with Gasteiger partial charge in [0.25, 0.3) is 5.91 Å². The molecule has 9 heteroatoms. The number of benzene rings is 2. The quantitative estimate of drug-likeness (QED) is 0.336. The van der Waals surface area contributed by atoms with Crippen LogP contribution in [0.4, 0.5) is 0 Å². The molecule has 0 spiro atoms. The van der Waals surface area contributed by atoms with Crippen molar-refractivity contribution in [2.24, 2.45) is 0 Å². The maximum atomic E-state index is 13.8. The maximum absolute atomic E-state index is 13.8. The van der Waals surface area contributed by atoms with E-state index in [1.807, 2.05) is 18.2 Å². The number of rotatable bonds is 9. The number of halogens is 1. The fourth-order valence-electron chi connectivity index (χ4n) is 5.80. The number of nitrogens with zero attached hydrogens (tertiary/aromatic N) is 3. The van der Waals surface area contributed by atoms with Crippen LogP contribution in [0.3, 0.4) is 0 Å². The first kappa shape index (κ1) is 27.2. The Morgan fingerprint density at radius 2 is 1.60 bits per heavy atom. The van der Waals surface area contributed by atoms with E-state index in [9.17, 15) is 9.59 Å². The molecule has 1 amide bonds. The topological polar surface area (TPSA) is 75.5 Å². The highest BCUT2D eigenvalue weighted by molar-refractivity contribution is 6.30. The summed E-state index contributed by atoms with van der Waals surface area (Å²) in [6.07, 6.45) is 3.58. The Morgan fingerprint density at radius 1 is 0.900 bits per heavy atom. The van der Waals surface area contributed by atoms with E-state index in [1.165, 1.54) is 0 Å². The molecule has 0 unspecified atom stereocenters. The molecule has 4 aromatic rings. The molecule has 210 valence electrons. The second-order valence-corrected chi connectivity index (χ2v) is 11.2. The van der Waals surface area contributed by atoms with E-state index in [2.05, 4.69) is 31.7 Å². The lowest BCUT2D eigenvalue weighted by molar-refractivity contribution is 0.0342. The van der Waals surface area contributed by atoms with Crippen molar-refractivity contribution in [1.29, 1.82) is 0 Å². The molecule has 2 aromatic carbocycles. The highest BCUT2D eigenvalue weighted by Crippen LogP contribution is 2.27. The number of carbonyl (C=O) groups excluding carboxylic acids is 1. The van der Waals surface area contributed by atoms with E-state index < -0.39 is 0 Å². The van der Waals surface area contributed by atoms with E-state index in [0.717, 1.165) is 106 Å². The predicted octanol–water partition coefficient (Wildman–Crippen LogP) is 3.57. The average Bonchev–Trinajstić information content (AvgIpc) is 3.32. The van der Waals surface area contributed by atoms with Crippen molar-refractivity contribution in [2.75, 3.05) is 59.2 Å². The second-order valence-electron chi connectivity index (χ2n) is 10.7. The molecule has 2 aromatic heterocycles. The van der Waals surface area contributed by atoms with Gasteiger partial charge in [-0.1, -0.05) is 23.7 Å². The van der Waals surface area contributed by atoms with Gasteiger partial charge in [-0.05, 0) is 60.8 Å². The molecular formula is C31H35ClN4O4. The molecule has 4 heterocycles. The van der Waals surface area contributed by atoms with Crippen LogP contribution in [0, 0.1) is 0 Å².